The van der Waals surface area contributed by atoms with Gasteiger partial charge in [-0.25, -0.2) is 0 Å². The first-order chi connectivity index (χ1) is 13.5. The average molecular weight is 387 g/mol. The van der Waals surface area contributed by atoms with Crippen LogP contribution in [-0.4, -0.2) is 68.8 Å². The third-order valence-electron chi connectivity index (χ3n) is 5.39. The predicted molar refractivity (Wildman–Crippen MR) is 104 cm³/mol. The van der Waals surface area contributed by atoms with E-state index in [9.17, 15) is 10.1 Å². The summed E-state index contributed by atoms with van der Waals surface area (Å²) in [4.78, 5) is 16.3. The molecule has 7 heteroatoms. The number of piperidine rings is 1. The molecule has 0 aromatic heterocycles. The summed E-state index contributed by atoms with van der Waals surface area (Å²) in [5.74, 6) is 1.14. The number of nitrogens with zero attached hydrogens (tertiary/aromatic N) is 3. The zero-order chi connectivity index (χ0) is 20.0. The maximum absolute atomic E-state index is 12.3. The maximum Gasteiger partial charge on any atom is 0.260 e. The molecule has 0 aliphatic carbocycles. The summed E-state index contributed by atoms with van der Waals surface area (Å²) in [6, 6.07) is 8.25. The molecule has 152 valence electrons. The van der Waals surface area contributed by atoms with Gasteiger partial charge in [-0.3, -0.25) is 9.69 Å². The first kappa shape index (κ1) is 20.4. The van der Waals surface area contributed by atoms with Crippen molar-refractivity contribution >= 4 is 5.91 Å². The number of rotatable bonds is 6. The molecule has 0 radical (unpaired) electrons. The van der Waals surface area contributed by atoms with Crippen molar-refractivity contribution in [1.29, 1.82) is 5.26 Å². The summed E-state index contributed by atoms with van der Waals surface area (Å²) < 4.78 is 16.5. The minimum absolute atomic E-state index is 0.0116. The molecule has 0 N–H and O–H groups in total. The van der Waals surface area contributed by atoms with Crippen LogP contribution in [0.1, 0.15) is 25.3 Å². The number of ether oxygens (including phenoxy) is 3. The first-order valence-corrected chi connectivity index (χ1v) is 9.82. The first-order valence-electron chi connectivity index (χ1n) is 9.82. The van der Waals surface area contributed by atoms with E-state index < -0.39 is 0 Å². The number of amides is 1. The third-order valence-corrected chi connectivity index (χ3v) is 5.39. The molecule has 2 heterocycles. The number of carbonyl (C=O) groups excluding carboxylic acids is 1. The van der Waals surface area contributed by atoms with E-state index in [0.29, 0.717) is 37.8 Å². The molecule has 1 aromatic carbocycles. The molecule has 0 bridgehead atoms. The molecule has 1 atom stereocenters. The molecule has 2 fully saturated rings. The number of morpholine rings is 1. The van der Waals surface area contributed by atoms with Crippen LogP contribution in [-0.2, 0) is 16.1 Å². The van der Waals surface area contributed by atoms with Crippen molar-refractivity contribution in [2.75, 3.05) is 53.1 Å². The molecule has 1 amide bonds. The Morgan fingerprint density at radius 2 is 2.07 bits per heavy atom. The lowest BCUT2D eigenvalue weighted by atomic mass is 9.83. The van der Waals surface area contributed by atoms with Gasteiger partial charge in [-0.2, -0.15) is 5.26 Å². The SMILES string of the molecule is COc1cc(CN2CCCC(C)(C#N)C2)ccc1OCC(=O)N1CCOCC1. The van der Waals surface area contributed by atoms with Crippen LogP contribution in [0.5, 0.6) is 11.5 Å². The molecule has 1 aromatic rings. The summed E-state index contributed by atoms with van der Waals surface area (Å²) in [5.41, 5.74) is 0.830. The van der Waals surface area contributed by atoms with E-state index in [1.165, 1.54) is 0 Å². The second-order valence-corrected chi connectivity index (χ2v) is 7.75. The van der Waals surface area contributed by atoms with Gasteiger partial charge in [0.2, 0.25) is 0 Å². The fourth-order valence-electron chi connectivity index (χ4n) is 3.80. The highest BCUT2D eigenvalue weighted by Gasteiger charge is 2.30. The predicted octanol–water partition coefficient (Wildman–Crippen LogP) is 2.06. The number of likely N-dealkylation sites (tertiary alicyclic amines) is 1. The fourth-order valence-corrected chi connectivity index (χ4v) is 3.80. The number of methoxy groups -OCH3 is 1. The van der Waals surface area contributed by atoms with E-state index in [1.54, 1.807) is 12.0 Å². The van der Waals surface area contributed by atoms with E-state index in [-0.39, 0.29) is 17.9 Å². The molecule has 28 heavy (non-hydrogen) atoms. The third kappa shape index (κ3) is 5.15. The number of nitriles is 1. The van der Waals surface area contributed by atoms with Gasteiger partial charge < -0.3 is 19.1 Å². The molecule has 2 aliphatic heterocycles. The quantitative estimate of drug-likeness (QED) is 0.744. The highest BCUT2D eigenvalue weighted by molar-refractivity contribution is 5.78. The smallest absolute Gasteiger partial charge is 0.260 e. The molecule has 3 rings (SSSR count). The highest BCUT2D eigenvalue weighted by Crippen LogP contribution is 2.32. The zero-order valence-corrected chi connectivity index (χ0v) is 16.8. The van der Waals surface area contributed by atoms with Gasteiger partial charge in [0.05, 0.1) is 31.8 Å². The molecule has 0 spiro atoms. The lowest BCUT2D eigenvalue weighted by Gasteiger charge is -2.36. The van der Waals surface area contributed by atoms with Crippen LogP contribution in [0.2, 0.25) is 0 Å². The Hall–Kier alpha value is -2.30. The minimum Gasteiger partial charge on any atom is -0.493 e. The second-order valence-electron chi connectivity index (χ2n) is 7.75. The van der Waals surface area contributed by atoms with E-state index >= 15 is 0 Å². The number of carbonyl (C=O) groups is 1. The van der Waals surface area contributed by atoms with Crippen LogP contribution < -0.4 is 9.47 Å². The van der Waals surface area contributed by atoms with Gasteiger partial charge in [0, 0.05) is 26.2 Å². The normalized spacial score (nSPS) is 23.1. The molecule has 7 nitrogen and oxygen atoms in total. The van der Waals surface area contributed by atoms with Crippen LogP contribution in [0.15, 0.2) is 18.2 Å². The van der Waals surface area contributed by atoms with Gasteiger partial charge in [-0.1, -0.05) is 6.07 Å². The van der Waals surface area contributed by atoms with Crippen molar-refractivity contribution in [3.05, 3.63) is 23.8 Å². The Morgan fingerprint density at radius 3 is 2.79 bits per heavy atom. The van der Waals surface area contributed by atoms with Crippen LogP contribution in [0.4, 0.5) is 0 Å². The lowest BCUT2D eigenvalue weighted by molar-refractivity contribution is -0.137. The van der Waals surface area contributed by atoms with Crippen molar-refractivity contribution in [1.82, 2.24) is 9.80 Å². The van der Waals surface area contributed by atoms with Gasteiger partial charge in [0.15, 0.2) is 18.1 Å². The Bertz CT molecular complexity index is 727. The number of benzene rings is 1. The fraction of sp³-hybridized carbons (Fsp3) is 0.619. The van der Waals surface area contributed by atoms with Gasteiger partial charge in [-0.05, 0) is 44.0 Å². The zero-order valence-electron chi connectivity index (χ0n) is 16.8. The van der Waals surface area contributed by atoms with Gasteiger partial charge in [-0.15, -0.1) is 0 Å². The summed E-state index contributed by atoms with van der Waals surface area (Å²) in [6.45, 7) is 6.91. The summed E-state index contributed by atoms with van der Waals surface area (Å²) in [7, 11) is 1.60. The van der Waals surface area contributed by atoms with Crippen LogP contribution >= 0.6 is 0 Å². The minimum atomic E-state index is -0.273. The lowest BCUT2D eigenvalue weighted by Crippen LogP contribution is -2.43. The van der Waals surface area contributed by atoms with Crippen LogP contribution in [0, 0.1) is 16.7 Å². The molecular weight excluding hydrogens is 358 g/mol. The van der Waals surface area contributed by atoms with Crippen molar-refractivity contribution < 1.29 is 19.0 Å². The summed E-state index contributed by atoms with van der Waals surface area (Å²) in [5, 5.41) is 9.40. The highest BCUT2D eigenvalue weighted by atomic mass is 16.5. The van der Waals surface area contributed by atoms with Crippen molar-refractivity contribution in [3.8, 4) is 17.6 Å². The van der Waals surface area contributed by atoms with Gasteiger partial charge >= 0.3 is 0 Å². The Labute approximate surface area is 166 Å². The molecule has 2 saturated heterocycles. The Morgan fingerprint density at radius 1 is 1.29 bits per heavy atom. The number of hydrogen-bond donors (Lipinski definition) is 0. The van der Waals surface area contributed by atoms with Crippen molar-refractivity contribution in [2.45, 2.75) is 26.3 Å². The maximum atomic E-state index is 12.3. The standard InChI is InChI=1S/C21H29N3O4/c1-21(15-22)6-3-7-23(16-21)13-17-4-5-18(19(12-17)26-2)28-14-20(25)24-8-10-27-11-9-24/h4-5,12H,3,6-11,13-14,16H2,1-2H3. The van der Waals surface area contributed by atoms with E-state index in [0.717, 1.165) is 38.0 Å². The topological polar surface area (TPSA) is 75.0 Å². The second kappa shape index (κ2) is 9.26. The summed E-state index contributed by atoms with van der Waals surface area (Å²) >= 11 is 0. The van der Waals surface area contributed by atoms with Crippen molar-refractivity contribution in [2.24, 2.45) is 5.41 Å². The van der Waals surface area contributed by atoms with Gasteiger partial charge in [0.1, 0.15) is 0 Å². The monoisotopic (exact) mass is 387 g/mol. The summed E-state index contributed by atoms with van der Waals surface area (Å²) in [6.07, 6.45) is 1.99. The molecular formula is C21H29N3O4. The molecule has 2 aliphatic rings. The van der Waals surface area contributed by atoms with E-state index in [1.807, 2.05) is 25.1 Å². The Kier molecular flexibility index (Phi) is 6.76. The average Bonchev–Trinajstić information content (AvgIpc) is 2.73. The molecule has 0 saturated carbocycles. The van der Waals surface area contributed by atoms with Gasteiger partial charge in [0.25, 0.3) is 5.91 Å². The largest absolute Gasteiger partial charge is 0.493 e. The Balaban J connectivity index is 1.59. The molecule has 1 unspecified atom stereocenters. The number of hydrogen-bond acceptors (Lipinski definition) is 6. The van der Waals surface area contributed by atoms with Crippen LogP contribution in [0.25, 0.3) is 0 Å². The van der Waals surface area contributed by atoms with Crippen molar-refractivity contribution in [3.63, 3.8) is 0 Å². The van der Waals surface area contributed by atoms with E-state index in [4.69, 9.17) is 14.2 Å². The van der Waals surface area contributed by atoms with Crippen LogP contribution in [0.3, 0.4) is 0 Å². The van der Waals surface area contributed by atoms with E-state index in [2.05, 4.69) is 11.0 Å².